The van der Waals surface area contributed by atoms with Gasteiger partial charge in [0.25, 0.3) is 5.91 Å². The number of nitrogens with one attached hydrogen (secondary N) is 1. The second kappa shape index (κ2) is 4.42. The molecule has 92 valence electrons. The Morgan fingerprint density at radius 3 is 3.12 bits per heavy atom. The molecule has 1 aromatic rings. The molecule has 0 aromatic carbocycles. The van der Waals surface area contributed by atoms with Crippen molar-refractivity contribution in [2.75, 3.05) is 19.6 Å². The van der Waals surface area contributed by atoms with Crippen molar-refractivity contribution in [1.82, 2.24) is 10.2 Å². The maximum Gasteiger partial charge on any atom is 0.255 e. The van der Waals surface area contributed by atoms with Gasteiger partial charge in [0, 0.05) is 31.1 Å². The zero-order valence-corrected chi connectivity index (χ0v) is 10.9. The zero-order valence-electron chi connectivity index (χ0n) is 10.1. The predicted octanol–water partition coefficient (Wildman–Crippen LogP) is 1.88. The first kappa shape index (κ1) is 11.2. The molecule has 2 fully saturated rings. The van der Waals surface area contributed by atoms with Crippen molar-refractivity contribution >= 4 is 17.2 Å². The quantitative estimate of drug-likeness (QED) is 0.825. The highest BCUT2D eigenvalue weighted by atomic mass is 32.1. The van der Waals surface area contributed by atoms with Crippen LogP contribution in [0.15, 0.2) is 10.8 Å². The number of amides is 1. The Hall–Kier alpha value is -0.870. The van der Waals surface area contributed by atoms with E-state index in [9.17, 15) is 4.79 Å². The number of rotatable bonds is 1. The van der Waals surface area contributed by atoms with Gasteiger partial charge >= 0.3 is 0 Å². The van der Waals surface area contributed by atoms with Gasteiger partial charge < -0.3 is 10.2 Å². The second-order valence-electron chi connectivity index (χ2n) is 5.09. The van der Waals surface area contributed by atoms with E-state index in [0.29, 0.717) is 12.0 Å². The zero-order chi connectivity index (χ0) is 11.8. The molecule has 17 heavy (non-hydrogen) atoms. The van der Waals surface area contributed by atoms with Gasteiger partial charge in [0.2, 0.25) is 0 Å². The lowest BCUT2D eigenvalue weighted by atomic mass is 9.91. The minimum atomic E-state index is 0.238. The van der Waals surface area contributed by atoms with Crippen LogP contribution in [0.2, 0.25) is 0 Å². The van der Waals surface area contributed by atoms with Gasteiger partial charge in [0.15, 0.2) is 0 Å². The number of hydrogen-bond acceptors (Lipinski definition) is 3. The van der Waals surface area contributed by atoms with Crippen molar-refractivity contribution in [2.24, 2.45) is 5.92 Å². The van der Waals surface area contributed by atoms with Gasteiger partial charge in [-0.05, 0) is 36.6 Å². The smallest absolute Gasteiger partial charge is 0.255 e. The molecular weight excluding hydrogens is 232 g/mol. The Kier molecular flexibility index (Phi) is 2.92. The van der Waals surface area contributed by atoms with Crippen molar-refractivity contribution < 1.29 is 4.79 Å². The van der Waals surface area contributed by atoms with Crippen LogP contribution in [-0.4, -0.2) is 36.5 Å². The van der Waals surface area contributed by atoms with Gasteiger partial charge in [0.1, 0.15) is 0 Å². The Morgan fingerprint density at radius 1 is 1.47 bits per heavy atom. The Balaban J connectivity index is 1.83. The maximum atomic E-state index is 12.5. The van der Waals surface area contributed by atoms with Crippen LogP contribution in [0, 0.1) is 12.8 Å². The summed E-state index contributed by atoms with van der Waals surface area (Å²) in [6.45, 7) is 5.01. The molecule has 2 aliphatic heterocycles. The average molecular weight is 250 g/mol. The fraction of sp³-hybridized carbons (Fsp3) is 0.615. The van der Waals surface area contributed by atoms with Crippen molar-refractivity contribution in [2.45, 2.75) is 25.8 Å². The van der Waals surface area contributed by atoms with Crippen LogP contribution in [0.1, 0.15) is 28.8 Å². The minimum Gasteiger partial charge on any atom is -0.334 e. The van der Waals surface area contributed by atoms with E-state index in [4.69, 9.17) is 0 Å². The third-order valence-corrected chi connectivity index (χ3v) is 4.89. The molecule has 2 unspecified atom stereocenters. The number of nitrogens with zero attached hydrogens (tertiary/aromatic N) is 1. The monoisotopic (exact) mass is 250 g/mol. The van der Waals surface area contributed by atoms with Gasteiger partial charge in [-0.3, -0.25) is 4.79 Å². The molecule has 0 bridgehead atoms. The minimum absolute atomic E-state index is 0.238. The molecule has 0 saturated carbocycles. The second-order valence-corrected chi connectivity index (χ2v) is 5.84. The lowest BCUT2D eigenvalue weighted by Gasteiger charge is -2.37. The highest BCUT2D eigenvalue weighted by molar-refractivity contribution is 7.08. The predicted molar refractivity (Wildman–Crippen MR) is 69.5 cm³/mol. The Labute approximate surface area is 106 Å². The van der Waals surface area contributed by atoms with Crippen molar-refractivity contribution in [1.29, 1.82) is 0 Å². The van der Waals surface area contributed by atoms with E-state index in [-0.39, 0.29) is 5.91 Å². The molecular formula is C13H18N2OS. The van der Waals surface area contributed by atoms with Gasteiger partial charge in [-0.25, -0.2) is 0 Å². The molecule has 4 heteroatoms. The van der Waals surface area contributed by atoms with E-state index in [1.807, 2.05) is 12.3 Å². The lowest BCUT2D eigenvalue weighted by Crippen LogP contribution is -2.48. The number of hydrogen-bond donors (Lipinski definition) is 1. The fourth-order valence-corrected chi connectivity index (χ4v) is 3.88. The number of carbonyl (C=O) groups is 1. The largest absolute Gasteiger partial charge is 0.334 e. The normalized spacial score (nSPS) is 28.2. The van der Waals surface area contributed by atoms with Crippen molar-refractivity contribution in [3.05, 3.63) is 21.9 Å². The van der Waals surface area contributed by atoms with Crippen LogP contribution in [-0.2, 0) is 0 Å². The first-order valence-corrected chi connectivity index (χ1v) is 7.26. The van der Waals surface area contributed by atoms with Gasteiger partial charge in [-0.1, -0.05) is 0 Å². The molecule has 1 N–H and O–H groups in total. The molecule has 1 aromatic heterocycles. The van der Waals surface area contributed by atoms with Crippen molar-refractivity contribution in [3.8, 4) is 0 Å². The summed E-state index contributed by atoms with van der Waals surface area (Å²) in [4.78, 5) is 14.6. The SMILES string of the molecule is Cc1cscc1C(=O)N1CCCC2CNCC21. The summed E-state index contributed by atoms with van der Waals surface area (Å²) in [7, 11) is 0. The third-order valence-electron chi connectivity index (χ3n) is 4.03. The van der Waals surface area contributed by atoms with E-state index >= 15 is 0 Å². The Morgan fingerprint density at radius 2 is 2.35 bits per heavy atom. The van der Waals surface area contributed by atoms with Crippen LogP contribution in [0.5, 0.6) is 0 Å². The molecule has 2 saturated heterocycles. The van der Waals surface area contributed by atoms with Crippen LogP contribution in [0.4, 0.5) is 0 Å². The first-order valence-electron chi connectivity index (χ1n) is 6.32. The average Bonchev–Trinajstić information content (AvgIpc) is 2.95. The topological polar surface area (TPSA) is 32.3 Å². The molecule has 2 aliphatic rings. The van der Waals surface area contributed by atoms with E-state index < -0.39 is 0 Å². The number of fused-ring (bicyclic) bond motifs is 1. The summed E-state index contributed by atoms with van der Waals surface area (Å²) >= 11 is 1.62. The molecule has 3 rings (SSSR count). The number of piperidine rings is 1. The summed E-state index contributed by atoms with van der Waals surface area (Å²) < 4.78 is 0. The van der Waals surface area contributed by atoms with Gasteiger partial charge in [-0.15, -0.1) is 0 Å². The summed E-state index contributed by atoms with van der Waals surface area (Å²) in [6, 6.07) is 0.426. The van der Waals surface area contributed by atoms with Crippen LogP contribution < -0.4 is 5.32 Å². The van der Waals surface area contributed by atoms with Crippen LogP contribution >= 0.6 is 11.3 Å². The highest BCUT2D eigenvalue weighted by Gasteiger charge is 2.37. The number of carbonyl (C=O) groups excluding carboxylic acids is 1. The van der Waals surface area contributed by atoms with Gasteiger partial charge in [-0.2, -0.15) is 11.3 Å². The fourth-order valence-electron chi connectivity index (χ4n) is 3.05. The van der Waals surface area contributed by atoms with Gasteiger partial charge in [0.05, 0.1) is 5.56 Å². The summed E-state index contributed by atoms with van der Waals surface area (Å²) in [5.74, 6) is 0.911. The number of likely N-dealkylation sites (tertiary alicyclic amines) is 1. The molecule has 3 nitrogen and oxygen atoms in total. The maximum absolute atomic E-state index is 12.5. The van der Waals surface area contributed by atoms with Crippen LogP contribution in [0.3, 0.4) is 0 Å². The molecule has 0 aliphatic carbocycles. The number of thiophene rings is 1. The van der Waals surface area contributed by atoms with E-state index in [2.05, 4.69) is 15.6 Å². The van der Waals surface area contributed by atoms with Crippen LogP contribution in [0.25, 0.3) is 0 Å². The van der Waals surface area contributed by atoms with E-state index in [0.717, 1.165) is 37.2 Å². The number of aryl methyl sites for hydroxylation is 1. The van der Waals surface area contributed by atoms with E-state index in [1.165, 1.54) is 6.42 Å². The molecule has 3 heterocycles. The van der Waals surface area contributed by atoms with E-state index in [1.54, 1.807) is 11.3 Å². The summed E-state index contributed by atoms with van der Waals surface area (Å²) in [6.07, 6.45) is 2.42. The summed E-state index contributed by atoms with van der Waals surface area (Å²) in [5.41, 5.74) is 2.02. The summed E-state index contributed by atoms with van der Waals surface area (Å²) in [5, 5.41) is 7.46. The van der Waals surface area contributed by atoms with Crippen molar-refractivity contribution in [3.63, 3.8) is 0 Å². The lowest BCUT2D eigenvalue weighted by molar-refractivity contribution is 0.0574. The molecule has 0 radical (unpaired) electrons. The molecule has 1 amide bonds. The highest BCUT2D eigenvalue weighted by Crippen LogP contribution is 2.28. The Bertz CT molecular complexity index is 429. The third kappa shape index (κ3) is 1.89. The molecule has 2 atom stereocenters. The first-order chi connectivity index (χ1) is 8.27. The standard InChI is InChI=1S/C13H18N2OS/c1-9-7-17-8-11(9)13(16)15-4-2-3-10-5-14-6-12(10)15/h7-8,10,12,14H,2-6H2,1H3. The molecule has 0 spiro atoms.